The van der Waals surface area contributed by atoms with Crippen molar-refractivity contribution in [3.63, 3.8) is 0 Å². The molecule has 0 bridgehead atoms. The number of aliphatic hydroxyl groups excluding tert-OH is 2. The average molecular weight is 282 g/mol. The monoisotopic (exact) mass is 282 g/mol. The molecule has 3 aliphatic carbocycles. The van der Waals surface area contributed by atoms with E-state index in [2.05, 4.69) is 6.92 Å². The van der Waals surface area contributed by atoms with E-state index in [1.165, 1.54) is 0 Å². The van der Waals surface area contributed by atoms with Crippen molar-refractivity contribution in [2.75, 3.05) is 13.7 Å². The fraction of sp³-hybridized carbons (Fsp3) is 0.875. The van der Waals surface area contributed by atoms with Crippen LogP contribution in [0.5, 0.6) is 0 Å². The van der Waals surface area contributed by atoms with E-state index in [9.17, 15) is 15.3 Å². The van der Waals surface area contributed by atoms with Gasteiger partial charge in [-0.15, -0.1) is 0 Å². The van der Waals surface area contributed by atoms with Crippen LogP contribution < -0.4 is 0 Å². The molecule has 2 saturated carbocycles. The Balaban J connectivity index is 2.10. The Kier molecular flexibility index (Phi) is 2.80. The first-order valence-electron chi connectivity index (χ1n) is 7.43. The second kappa shape index (κ2) is 3.86. The maximum absolute atomic E-state index is 11.1. The molecule has 0 heterocycles. The van der Waals surface area contributed by atoms with Crippen LogP contribution in [0.3, 0.4) is 0 Å². The van der Waals surface area contributed by atoms with E-state index in [-0.39, 0.29) is 29.5 Å². The van der Waals surface area contributed by atoms with E-state index in [1.54, 1.807) is 7.11 Å². The summed E-state index contributed by atoms with van der Waals surface area (Å²) >= 11 is 0. The maximum atomic E-state index is 11.1. The minimum Gasteiger partial charge on any atom is -0.395 e. The summed E-state index contributed by atoms with van der Waals surface area (Å²) in [6.45, 7) is 6.03. The molecule has 3 N–H and O–H groups in total. The minimum absolute atomic E-state index is 0.0182. The predicted molar refractivity (Wildman–Crippen MR) is 75.0 cm³/mol. The Morgan fingerprint density at radius 3 is 2.40 bits per heavy atom. The lowest BCUT2D eigenvalue weighted by Crippen LogP contribution is -2.78. The lowest BCUT2D eigenvalue weighted by Gasteiger charge is -2.71. The predicted octanol–water partition coefficient (Wildman–Crippen LogP) is 1.10. The summed E-state index contributed by atoms with van der Waals surface area (Å²) in [5.41, 5.74) is -2.32. The molecule has 114 valence electrons. The van der Waals surface area contributed by atoms with E-state index in [0.717, 1.165) is 6.42 Å². The van der Waals surface area contributed by atoms with Crippen LogP contribution >= 0.6 is 0 Å². The number of aliphatic hydroxyl groups is 3. The van der Waals surface area contributed by atoms with Gasteiger partial charge in [0.25, 0.3) is 0 Å². The third-order valence-electron chi connectivity index (χ3n) is 6.85. The Labute approximate surface area is 120 Å². The third kappa shape index (κ3) is 1.23. The molecule has 0 saturated heterocycles. The SMILES string of the molecule is CO[C@H]1C=C[C@]2(CO)[C@H]3CC(C)(C)[C@]3(O)[C@@H](O)C[C@]12C. The van der Waals surface area contributed by atoms with Gasteiger partial charge < -0.3 is 20.1 Å². The molecule has 20 heavy (non-hydrogen) atoms. The van der Waals surface area contributed by atoms with Crippen molar-refractivity contribution >= 4 is 0 Å². The Morgan fingerprint density at radius 2 is 1.90 bits per heavy atom. The van der Waals surface area contributed by atoms with Gasteiger partial charge in [0.2, 0.25) is 0 Å². The van der Waals surface area contributed by atoms with Crippen molar-refractivity contribution in [1.82, 2.24) is 0 Å². The third-order valence-corrected chi connectivity index (χ3v) is 6.85. The minimum atomic E-state index is -1.12. The molecule has 0 aromatic rings. The zero-order valence-corrected chi connectivity index (χ0v) is 12.8. The number of hydrogen-bond donors (Lipinski definition) is 3. The van der Waals surface area contributed by atoms with E-state index >= 15 is 0 Å². The lowest BCUT2D eigenvalue weighted by atomic mass is 9.35. The van der Waals surface area contributed by atoms with Crippen LogP contribution in [0.1, 0.15) is 33.6 Å². The summed E-state index contributed by atoms with van der Waals surface area (Å²) in [6.07, 6.45) is 4.35. The van der Waals surface area contributed by atoms with Gasteiger partial charge in [0.05, 0.1) is 24.4 Å². The summed E-state index contributed by atoms with van der Waals surface area (Å²) < 4.78 is 5.56. The summed E-state index contributed by atoms with van der Waals surface area (Å²) in [5.74, 6) is -0.125. The average Bonchev–Trinajstić information content (AvgIpc) is 2.67. The van der Waals surface area contributed by atoms with Crippen molar-refractivity contribution in [3.8, 4) is 0 Å². The Bertz CT molecular complexity index is 459. The molecule has 0 aromatic heterocycles. The number of fused-ring (bicyclic) bond motifs is 3. The van der Waals surface area contributed by atoms with Crippen LogP contribution in [0.2, 0.25) is 0 Å². The van der Waals surface area contributed by atoms with E-state index < -0.39 is 17.1 Å². The second-order valence-electron chi connectivity index (χ2n) is 7.82. The van der Waals surface area contributed by atoms with Gasteiger partial charge in [-0.1, -0.05) is 32.9 Å². The maximum Gasteiger partial charge on any atom is 0.0993 e. The highest BCUT2D eigenvalue weighted by atomic mass is 16.5. The van der Waals surface area contributed by atoms with Crippen molar-refractivity contribution in [1.29, 1.82) is 0 Å². The first kappa shape index (κ1) is 14.5. The summed E-state index contributed by atoms with van der Waals surface area (Å²) in [7, 11) is 1.66. The quantitative estimate of drug-likeness (QED) is 0.663. The second-order valence-corrected chi connectivity index (χ2v) is 7.82. The first-order chi connectivity index (χ1) is 9.19. The number of methoxy groups -OCH3 is 1. The highest BCUT2D eigenvalue weighted by Gasteiger charge is 2.77. The van der Waals surface area contributed by atoms with Gasteiger partial charge in [0.15, 0.2) is 0 Å². The summed E-state index contributed by atoms with van der Waals surface area (Å²) in [4.78, 5) is 0. The van der Waals surface area contributed by atoms with Crippen LogP contribution in [0.4, 0.5) is 0 Å². The number of rotatable bonds is 2. The van der Waals surface area contributed by atoms with E-state index in [1.807, 2.05) is 26.0 Å². The van der Waals surface area contributed by atoms with Crippen LogP contribution in [-0.2, 0) is 4.74 Å². The van der Waals surface area contributed by atoms with Gasteiger partial charge in [-0.25, -0.2) is 0 Å². The Morgan fingerprint density at radius 1 is 1.25 bits per heavy atom. The van der Waals surface area contributed by atoms with Gasteiger partial charge in [0, 0.05) is 23.9 Å². The molecule has 0 radical (unpaired) electrons. The molecule has 0 amide bonds. The van der Waals surface area contributed by atoms with Crippen LogP contribution in [0, 0.1) is 22.2 Å². The molecule has 4 nitrogen and oxygen atoms in total. The number of ether oxygens (including phenoxy) is 1. The summed E-state index contributed by atoms with van der Waals surface area (Å²) in [5, 5.41) is 31.8. The van der Waals surface area contributed by atoms with Crippen LogP contribution in [-0.4, -0.2) is 46.8 Å². The lowest BCUT2D eigenvalue weighted by molar-refractivity contribution is -0.331. The van der Waals surface area contributed by atoms with Crippen molar-refractivity contribution in [3.05, 3.63) is 12.2 Å². The highest BCUT2D eigenvalue weighted by molar-refractivity contribution is 5.34. The molecule has 0 unspecified atom stereocenters. The molecule has 0 aliphatic heterocycles. The van der Waals surface area contributed by atoms with Crippen molar-refractivity contribution < 1.29 is 20.1 Å². The summed E-state index contributed by atoms with van der Waals surface area (Å²) in [6, 6.07) is 0. The van der Waals surface area contributed by atoms with Crippen molar-refractivity contribution in [2.45, 2.75) is 51.4 Å². The molecule has 0 spiro atoms. The fourth-order valence-corrected chi connectivity index (χ4v) is 5.41. The Hall–Kier alpha value is -0.420. The highest BCUT2D eigenvalue weighted by Crippen LogP contribution is 2.72. The van der Waals surface area contributed by atoms with Crippen LogP contribution in [0.25, 0.3) is 0 Å². The molecule has 6 atom stereocenters. The topological polar surface area (TPSA) is 69.9 Å². The molecule has 4 heteroatoms. The molecule has 0 aromatic carbocycles. The molecule has 3 aliphatic rings. The smallest absolute Gasteiger partial charge is 0.0993 e. The van der Waals surface area contributed by atoms with Crippen LogP contribution in [0.15, 0.2) is 12.2 Å². The number of hydrogen-bond acceptors (Lipinski definition) is 4. The molecular formula is C16H26O4. The zero-order chi connectivity index (χ0) is 15.0. The molecule has 2 fully saturated rings. The largest absolute Gasteiger partial charge is 0.395 e. The molecular weight excluding hydrogens is 256 g/mol. The molecule has 3 rings (SSSR count). The van der Waals surface area contributed by atoms with E-state index in [4.69, 9.17) is 4.74 Å². The first-order valence-corrected chi connectivity index (χ1v) is 7.43. The fourth-order valence-electron chi connectivity index (χ4n) is 5.41. The zero-order valence-electron chi connectivity index (χ0n) is 12.8. The van der Waals surface area contributed by atoms with Gasteiger partial charge in [-0.05, 0) is 18.3 Å². The van der Waals surface area contributed by atoms with Crippen molar-refractivity contribution in [2.24, 2.45) is 22.2 Å². The standard InChI is InChI=1S/C16H26O4/c1-13(2)7-10-15(9-17)6-5-12(20-4)14(15,3)8-11(18)16(10,13)19/h5-6,10-12,17-19H,7-9H2,1-4H3/t10-,11+,12+,14-,15+,16-/m1/s1. The van der Waals surface area contributed by atoms with E-state index in [0.29, 0.717) is 6.42 Å². The van der Waals surface area contributed by atoms with Gasteiger partial charge >= 0.3 is 0 Å². The van der Waals surface area contributed by atoms with Gasteiger partial charge in [-0.2, -0.15) is 0 Å². The van der Waals surface area contributed by atoms with Gasteiger partial charge in [0.1, 0.15) is 0 Å². The van der Waals surface area contributed by atoms with Gasteiger partial charge in [-0.3, -0.25) is 0 Å². The normalized spacial score (nSPS) is 56.0.